The second kappa shape index (κ2) is 3.80. The topological polar surface area (TPSA) is 70.3 Å². The molecule has 4 heteroatoms. The molecule has 1 rings (SSSR count). The monoisotopic (exact) mass is 180 g/mol. The predicted octanol–water partition coefficient (Wildman–Crippen LogP) is 0.889. The Morgan fingerprint density at radius 2 is 2.31 bits per heavy atom. The number of aryl methyl sites for hydroxylation is 1. The number of carbonyl (C=O) groups excluding carboxylic acids is 1. The standard InChI is InChI=1S/C9H10NO3/c1-6-2-3-7(4-8(6)11)13-5-9(10)12/h2-4,10-11H,5H2,1H3. The van der Waals surface area contributed by atoms with Gasteiger partial charge in [-0.15, -0.1) is 0 Å². The fourth-order valence-electron chi connectivity index (χ4n) is 0.828. The SMILES string of the molecule is Cc1ccc(OCC([NH])=O)cc1O. The van der Waals surface area contributed by atoms with Crippen LogP contribution in [-0.4, -0.2) is 17.6 Å². The molecular weight excluding hydrogens is 170 g/mol. The van der Waals surface area contributed by atoms with E-state index in [1.54, 1.807) is 19.1 Å². The molecule has 69 valence electrons. The van der Waals surface area contributed by atoms with Gasteiger partial charge >= 0.3 is 0 Å². The van der Waals surface area contributed by atoms with Gasteiger partial charge in [-0.05, 0) is 18.6 Å². The van der Waals surface area contributed by atoms with Crippen LogP contribution >= 0.6 is 0 Å². The van der Waals surface area contributed by atoms with Crippen LogP contribution in [0.25, 0.3) is 0 Å². The smallest absolute Gasteiger partial charge is 0.276 e. The molecule has 0 aliphatic heterocycles. The highest BCUT2D eigenvalue weighted by Gasteiger charge is 2.00. The van der Waals surface area contributed by atoms with Gasteiger partial charge in [0.25, 0.3) is 5.91 Å². The summed E-state index contributed by atoms with van der Waals surface area (Å²) in [6.07, 6.45) is 0. The maximum Gasteiger partial charge on any atom is 0.276 e. The third-order valence-corrected chi connectivity index (χ3v) is 1.55. The number of nitrogens with one attached hydrogen (secondary N) is 1. The summed E-state index contributed by atoms with van der Waals surface area (Å²) in [5.74, 6) is -0.279. The van der Waals surface area contributed by atoms with Crippen molar-refractivity contribution < 1.29 is 14.6 Å². The van der Waals surface area contributed by atoms with Crippen molar-refractivity contribution in [3.8, 4) is 11.5 Å². The molecule has 0 fully saturated rings. The van der Waals surface area contributed by atoms with Crippen molar-refractivity contribution in [1.82, 2.24) is 5.73 Å². The molecule has 1 aromatic carbocycles. The number of phenolic OH excluding ortho intramolecular Hbond substituents is 1. The number of rotatable bonds is 3. The Morgan fingerprint density at radius 1 is 1.62 bits per heavy atom. The highest BCUT2D eigenvalue weighted by Crippen LogP contribution is 2.22. The van der Waals surface area contributed by atoms with E-state index in [1.165, 1.54) is 6.07 Å². The third kappa shape index (κ3) is 2.66. The molecule has 0 spiro atoms. The molecular formula is C9H10NO3. The van der Waals surface area contributed by atoms with Crippen LogP contribution in [0.5, 0.6) is 11.5 Å². The van der Waals surface area contributed by atoms with E-state index in [2.05, 4.69) is 0 Å². The summed E-state index contributed by atoms with van der Waals surface area (Å²) in [5, 5.41) is 9.25. The average molecular weight is 180 g/mol. The van der Waals surface area contributed by atoms with Gasteiger partial charge in [0.15, 0.2) is 6.61 Å². The third-order valence-electron chi connectivity index (χ3n) is 1.55. The summed E-state index contributed by atoms with van der Waals surface area (Å²) < 4.78 is 4.91. The molecule has 0 aliphatic rings. The van der Waals surface area contributed by atoms with Gasteiger partial charge in [0.1, 0.15) is 11.5 Å². The first-order valence-corrected chi connectivity index (χ1v) is 3.76. The van der Waals surface area contributed by atoms with E-state index in [0.29, 0.717) is 5.75 Å². The van der Waals surface area contributed by atoms with Gasteiger partial charge < -0.3 is 9.84 Å². The maximum atomic E-state index is 10.2. The van der Waals surface area contributed by atoms with E-state index >= 15 is 0 Å². The van der Waals surface area contributed by atoms with Crippen molar-refractivity contribution >= 4 is 5.91 Å². The molecule has 1 amide bonds. The predicted molar refractivity (Wildman–Crippen MR) is 46.4 cm³/mol. The lowest BCUT2D eigenvalue weighted by Gasteiger charge is -2.04. The lowest BCUT2D eigenvalue weighted by Crippen LogP contribution is -2.11. The fourth-order valence-corrected chi connectivity index (χ4v) is 0.828. The molecule has 0 atom stereocenters. The largest absolute Gasteiger partial charge is 0.508 e. The van der Waals surface area contributed by atoms with Crippen LogP contribution in [0.2, 0.25) is 0 Å². The number of phenols is 1. The Kier molecular flexibility index (Phi) is 2.74. The van der Waals surface area contributed by atoms with Crippen LogP contribution in [0.15, 0.2) is 18.2 Å². The van der Waals surface area contributed by atoms with E-state index in [0.717, 1.165) is 5.56 Å². The van der Waals surface area contributed by atoms with Crippen LogP contribution in [0.3, 0.4) is 0 Å². The summed E-state index contributed by atoms with van der Waals surface area (Å²) in [6.45, 7) is 1.47. The van der Waals surface area contributed by atoms with Crippen molar-refractivity contribution in [2.24, 2.45) is 0 Å². The van der Waals surface area contributed by atoms with E-state index in [9.17, 15) is 9.90 Å². The lowest BCUT2D eigenvalue weighted by atomic mass is 10.2. The van der Waals surface area contributed by atoms with Gasteiger partial charge in [-0.1, -0.05) is 6.07 Å². The van der Waals surface area contributed by atoms with Crippen molar-refractivity contribution in [1.29, 1.82) is 0 Å². The minimum Gasteiger partial charge on any atom is -0.508 e. The molecule has 0 unspecified atom stereocenters. The van der Waals surface area contributed by atoms with E-state index in [-0.39, 0.29) is 12.4 Å². The van der Waals surface area contributed by atoms with Gasteiger partial charge in [0.05, 0.1) is 0 Å². The quantitative estimate of drug-likeness (QED) is 0.750. The average Bonchev–Trinajstić information content (AvgIpc) is 2.07. The number of aromatic hydroxyl groups is 1. The molecule has 1 radical (unpaired) electrons. The first-order valence-electron chi connectivity index (χ1n) is 3.76. The molecule has 0 aliphatic carbocycles. The molecule has 1 aromatic rings. The van der Waals surface area contributed by atoms with Crippen molar-refractivity contribution in [2.45, 2.75) is 6.92 Å². The fraction of sp³-hybridized carbons (Fsp3) is 0.222. The highest BCUT2D eigenvalue weighted by molar-refractivity contribution is 5.74. The Morgan fingerprint density at radius 3 is 2.85 bits per heavy atom. The summed E-state index contributed by atoms with van der Waals surface area (Å²) in [4.78, 5) is 10.2. The van der Waals surface area contributed by atoms with Crippen LogP contribution in [-0.2, 0) is 4.79 Å². The first kappa shape index (κ1) is 9.38. The van der Waals surface area contributed by atoms with E-state index in [1.807, 2.05) is 0 Å². The Labute approximate surface area is 75.9 Å². The number of ether oxygens (including phenoxy) is 1. The summed E-state index contributed by atoms with van der Waals surface area (Å²) in [6, 6.07) is 4.73. The van der Waals surface area contributed by atoms with Crippen molar-refractivity contribution in [2.75, 3.05) is 6.61 Å². The molecule has 0 bridgehead atoms. The summed E-state index contributed by atoms with van der Waals surface area (Å²) in [7, 11) is 0. The zero-order valence-corrected chi connectivity index (χ0v) is 7.20. The zero-order valence-electron chi connectivity index (χ0n) is 7.20. The maximum absolute atomic E-state index is 10.2. The first-order chi connectivity index (χ1) is 6.09. The van der Waals surface area contributed by atoms with E-state index < -0.39 is 5.91 Å². The normalized spacial score (nSPS) is 9.62. The summed E-state index contributed by atoms with van der Waals surface area (Å²) in [5.41, 5.74) is 7.34. The molecule has 4 nitrogen and oxygen atoms in total. The van der Waals surface area contributed by atoms with Crippen LogP contribution in [0.1, 0.15) is 5.56 Å². The molecule has 0 saturated carbocycles. The van der Waals surface area contributed by atoms with E-state index in [4.69, 9.17) is 10.5 Å². The molecule has 2 N–H and O–H groups in total. The van der Waals surface area contributed by atoms with Crippen LogP contribution in [0, 0.1) is 6.92 Å². The Hall–Kier alpha value is -1.71. The minimum absolute atomic E-state index is 0.120. The van der Waals surface area contributed by atoms with Crippen LogP contribution < -0.4 is 10.5 Å². The van der Waals surface area contributed by atoms with Gasteiger partial charge in [0.2, 0.25) is 0 Å². The second-order valence-corrected chi connectivity index (χ2v) is 2.66. The number of amides is 1. The zero-order chi connectivity index (χ0) is 9.84. The van der Waals surface area contributed by atoms with Crippen molar-refractivity contribution in [3.63, 3.8) is 0 Å². The van der Waals surface area contributed by atoms with Crippen LogP contribution in [0.4, 0.5) is 0 Å². The lowest BCUT2D eigenvalue weighted by molar-refractivity contribution is -0.120. The van der Waals surface area contributed by atoms with Crippen molar-refractivity contribution in [3.05, 3.63) is 23.8 Å². The van der Waals surface area contributed by atoms with Gasteiger partial charge in [-0.2, -0.15) is 0 Å². The van der Waals surface area contributed by atoms with Gasteiger partial charge in [-0.25, -0.2) is 0 Å². The molecule has 0 aromatic heterocycles. The minimum atomic E-state index is -0.792. The highest BCUT2D eigenvalue weighted by atomic mass is 16.5. The van der Waals surface area contributed by atoms with Gasteiger partial charge in [-0.3, -0.25) is 10.5 Å². The number of carbonyl (C=O) groups is 1. The van der Waals surface area contributed by atoms with Gasteiger partial charge in [0, 0.05) is 6.07 Å². The summed E-state index contributed by atoms with van der Waals surface area (Å²) >= 11 is 0. The molecule has 13 heavy (non-hydrogen) atoms. The Balaban J connectivity index is 2.68. The molecule has 0 heterocycles. The second-order valence-electron chi connectivity index (χ2n) is 2.66. The Bertz CT molecular complexity index is 323. The molecule has 0 saturated heterocycles. The number of benzene rings is 1. The number of hydrogen-bond acceptors (Lipinski definition) is 3. The number of hydrogen-bond donors (Lipinski definition) is 1.